The fourth-order valence-electron chi connectivity index (χ4n) is 2.60. The molecule has 0 bridgehead atoms. The second-order valence-electron chi connectivity index (χ2n) is 6.01. The van der Waals surface area contributed by atoms with Crippen LogP contribution in [0.4, 0.5) is 5.69 Å². The van der Waals surface area contributed by atoms with Crippen molar-refractivity contribution < 1.29 is 9.47 Å². The lowest BCUT2D eigenvalue weighted by atomic mass is 10.1. The average molecular weight is 359 g/mol. The Bertz CT molecular complexity index is 719. The van der Waals surface area contributed by atoms with Gasteiger partial charge in [0.05, 0.1) is 14.2 Å². The van der Waals surface area contributed by atoms with E-state index in [1.807, 2.05) is 31.3 Å². The summed E-state index contributed by atoms with van der Waals surface area (Å²) in [7, 11) is 5.32. The summed E-state index contributed by atoms with van der Waals surface area (Å²) in [6.45, 7) is 2.95. The van der Waals surface area contributed by atoms with Crippen LogP contribution in [-0.2, 0) is 6.42 Å². The van der Waals surface area contributed by atoms with E-state index in [-0.39, 0.29) is 0 Å². The number of thiocarbonyl (C=S) groups is 1. The number of nitrogens with zero attached hydrogens (tertiary/aromatic N) is 1. The molecule has 0 aromatic heterocycles. The van der Waals surface area contributed by atoms with Crippen LogP contribution in [0, 0.1) is 6.92 Å². The fraction of sp³-hybridized carbons (Fsp3) is 0.350. The normalized spacial score (nSPS) is 10.2. The second kappa shape index (κ2) is 9.28. The molecule has 0 aliphatic heterocycles. The molecule has 5 heteroatoms. The van der Waals surface area contributed by atoms with Crippen molar-refractivity contribution in [2.24, 2.45) is 0 Å². The third-order valence-electron chi connectivity index (χ3n) is 4.02. The van der Waals surface area contributed by atoms with Gasteiger partial charge in [0.2, 0.25) is 0 Å². The molecule has 1 N–H and O–H groups in total. The number of methoxy groups -OCH3 is 2. The van der Waals surface area contributed by atoms with E-state index in [1.54, 1.807) is 14.2 Å². The SMILES string of the molecule is COc1ccc(CCCN(C)C(=S)Nc2cccc(C)c2)cc1OC. The third-order valence-corrected chi connectivity index (χ3v) is 4.44. The highest BCUT2D eigenvalue weighted by Gasteiger charge is 2.07. The third kappa shape index (κ3) is 5.64. The van der Waals surface area contributed by atoms with Gasteiger partial charge in [-0.3, -0.25) is 0 Å². The molecule has 0 atom stereocenters. The predicted octanol–water partition coefficient (Wildman–Crippen LogP) is 4.27. The number of benzene rings is 2. The van der Waals surface area contributed by atoms with Gasteiger partial charge >= 0.3 is 0 Å². The molecule has 4 nitrogen and oxygen atoms in total. The van der Waals surface area contributed by atoms with E-state index in [4.69, 9.17) is 21.7 Å². The van der Waals surface area contributed by atoms with Crippen LogP contribution < -0.4 is 14.8 Å². The van der Waals surface area contributed by atoms with E-state index in [0.29, 0.717) is 0 Å². The lowest BCUT2D eigenvalue weighted by Gasteiger charge is -2.21. The Labute approximate surface area is 155 Å². The lowest BCUT2D eigenvalue weighted by molar-refractivity contribution is 0.354. The number of aryl methyl sites for hydroxylation is 2. The molecule has 0 fully saturated rings. The summed E-state index contributed by atoms with van der Waals surface area (Å²) in [6.07, 6.45) is 1.96. The van der Waals surface area contributed by atoms with Crippen molar-refractivity contribution in [3.05, 3.63) is 53.6 Å². The van der Waals surface area contributed by atoms with Crippen molar-refractivity contribution in [1.29, 1.82) is 0 Å². The molecule has 134 valence electrons. The Morgan fingerprint density at radius 3 is 2.52 bits per heavy atom. The molecule has 25 heavy (non-hydrogen) atoms. The smallest absolute Gasteiger partial charge is 0.173 e. The first-order chi connectivity index (χ1) is 12.0. The molecular weight excluding hydrogens is 332 g/mol. The van der Waals surface area contributed by atoms with E-state index in [1.165, 1.54) is 11.1 Å². The van der Waals surface area contributed by atoms with Gasteiger partial charge in [0.15, 0.2) is 16.6 Å². The maximum absolute atomic E-state index is 5.48. The first kappa shape index (κ1) is 19.1. The molecule has 0 aliphatic rings. The second-order valence-corrected chi connectivity index (χ2v) is 6.40. The van der Waals surface area contributed by atoms with Crippen LogP contribution >= 0.6 is 12.2 Å². The summed E-state index contributed by atoms with van der Waals surface area (Å²) in [5.74, 6) is 1.52. The summed E-state index contributed by atoms with van der Waals surface area (Å²) in [4.78, 5) is 2.07. The van der Waals surface area contributed by atoms with Gasteiger partial charge in [-0.1, -0.05) is 18.2 Å². The predicted molar refractivity (Wildman–Crippen MR) is 108 cm³/mol. The summed E-state index contributed by atoms with van der Waals surface area (Å²) in [6, 6.07) is 14.3. The minimum absolute atomic E-state index is 0.734. The molecule has 0 heterocycles. The minimum Gasteiger partial charge on any atom is -0.493 e. The minimum atomic E-state index is 0.734. The van der Waals surface area contributed by atoms with E-state index in [2.05, 4.69) is 35.3 Å². The maximum atomic E-state index is 5.48. The van der Waals surface area contributed by atoms with Crippen molar-refractivity contribution in [2.45, 2.75) is 19.8 Å². The van der Waals surface area contributed by atoms with Gasteiger partial charge < -0.3 is 19.7 Å². The topological polar surface area (TPSA) is 33.7 Å². The van der Waals surface area contributed by atoms with Crippen LogP contribution in [0.1, 0.15) is 17.5 Å². The molecule has 0 unspecified atom stereocenters. The summed E-state index contributed by atoms with van der Waals surface area (Å²) < 4.78 is 10.6. The largest absolute Gasteiger partial charge is 0.493 e. The number of ether oxygens (including phenoxy) is 2. The molecule has 0 spiro atoms. The van der Waals surface area contributed by atoms with Gasteiger partial charge in [-0.2, -0.15) is 0 Å². The Balaban J connectivity index is 1.83. The summed E-state index contributed by atoms with van der Waals surface area (Å²) in [5.41, 5.74) is 3.46. The highest BCUT2D eigenvalue weighted by Crippen LogP contribution is 2.27. The summed E-state index contributed by atoms with van der Waals surface area (Å²) in [5, 5.41) is 4.02. The quantitative estimate of drug-likeness (QED) is 0.748. The first-order valence-electron chi connectivity index (χ1n) is 8.33. The van der Waals surface area contributed by atoms with Crippen LogP contribution in [0.5, 0.6) is 11.5 Å². The van der Waals surface area contributed by atoms with Gasteiger partial charge in [0.1, 0.15) is 0 Å². The van der Waals surface area contributed by atoms with Crippen LogP contribution in [0.15, 0.2) is 42.5 Å². The van der Waals surface area contributed by atoms with Gasteiger partial charge in [-0.25, -0.2) is 0 Å². The van der Waals surface area contributed by atoms with Gasteiger partial charge in [-0.15, -0.1) is 0 Å². The van der Waals surface area contributed by atoms with Crippen molar-refractivity contribution in [3.8, 4) is 11.5 Å². The van der Waals surface area contributed by atoms with Crippen LogP contribution in [0.2, 0.25) is 0 Å². The summed E-state index contributed by atoms with van der Waals surface area (Å²) >= 11 is 5.48. The highest BCUT2D eigenvalue weighted by atomic mass is 32.1. The Morgan fingerprint density at radius 1 is 1.08 bits per heavy atom. The van der Waals surface area contributed by atoms with Gasteiger partial charge in [0.25, 0.3) is 0 Å². The van der Waals surface area contributed by atoms with Crippen molar-refractivity contribution >= 4 is 23.0 Å². The fourth-order valence-corrected chi connectivity index (χ4v) is 2.81. The number of nitrogens with one attached hydrogen (secondary N) is 1. The van der Waals surface area contributed by atoms with E-state index >= 15 is 0 Å². The Kier molecular flexibility index (Phi) is 7.07. The number of hydrogen-bond donors (Lipinski definition) is 1. The van der Waals surface area contributed by atoms with Crippen LogP contribution in [-0.4, -0.2) is 37.8 Å². The molecular formula is C20H26N2O2S. The van der Waals surface area contributed by atoms with Gasteiger partial charge in [-0.05, 0) is 67.4 Å². The lowest BCUT2D eigenvalue weighted by Crippen LogP contribution is -2.32. The zero-order valence-electron chi connectivity index (χ0n) is 15.3. The van der Waals surface area contributed by atoms with E-state index in [9.17, 15) is 0 Å². The first-order valence-corrected chi connectivity index (χ1v) is 8.74. The Hall–Kier alpha value is -2.27. The van der Waals surface area contributed by atoms with Crippen molar-refractivity contribution in [1.82, 2.24) is 4.90 Å². The van der Waals surface area contributed by atoms with Crippen molar-refractivity contribution in [3.63, 3.8) is 0 Å². The van der Waals surface area contributed by atoms with E-state index in [0.717, 1.165) is 41.7 Å². The monoisotopic (exact) mass is 358 g/mol. The Morgan fingerprint density at radius 2 is 1.84 bits per heavy atom. The zero-order chi connectivity index (χ0) is 18.2. The maximum Gasteiger partial charge on any atom is 0.173 e. The van der Waals surface area contributed by atoms with Crippen LogP contribution in [0.3, 0.4) is 0 Å². The van der Waals surface area contributed by atoms with Crippen molar-refractivity contribution in [2.75, 3.05) is 33.1 Å². The molecule has 0 radical (unpaired) electrons. The molecule has 0 saturated heterocycles. The zero-order valence-corrected chi connectivity index (χ0v) is 16.2. The number of anilines is 1. The molecule has 0 amide bonds. The molecule has 2 aromatic rings. The van der Waals surface area contributed by atoms with Crippen LogP contribution in [0.25, 0.3) is 0 Å². The average Bonchev–Trinajstić information content (AvgIpc) is 2.61. The molecule has 0 aliphatic carbocycles. The van der Waals surface area contributed by atoms with Gasteiger partial charge in [0, 0.05) is 19.3 Å². The highest BCUT2D eigenvalue weighted by molar-refractivity contribution is 7.80. The number of rotatable bonds is 7. The standard InChI is InChI=1S/C20H26N2O2S/c1-15-7-5-9-17(13-15)21-20(25)22(2)12-6-8-16-10-11-18(23-3)19(14-16)24-4/h5,7,9-11,13-14H,6,8,12H2,1-4H3,(H,21,25). The molecule has 0 saturated carbocycles. The van der Waals surface area contributed by atoms with E-state index < -0.39 is 0 Å². The number of hydrogen-bond acceptors (Lipinski definition) is 3. The molecule has 2 rings (SSSR count). The molecule has 2 aromatic carbocycles.